The van der Waals surface area contributed by atoms with Gasteiger partial charge < -0.3 is 4.90 Å². The maximum Gasteiger partial charge on any atom is 0.266 e. The summed E-state index contributed by atoms with van der Waals surface area (Å²) in [5.41, 5.74) is 2.67. The Morgan fingerprint density at radius 2 is 1.55 bits per heavy atom. The molecule has 0 spiro atoms. The number of para-hydroxylation sites is 1. The minimum atomic E-state index is -0.532. The number of benzene rings is 5. The van der Waals surface area contributed by atoms with Crippen molar-refractivity contribution in [2.45, 2.75) is 19.5 Å². The summed E-state index contributed by atoms with van der Waals surface area (Å²) in [6, 6.07) is 38.1. The van der Waals surface area contributed by atoms with E-state index in [9.17, 15) is 9.59 Å². The lowest BCUT2D eigenvalue weighted by molar-refractivity contribution is 0.0664. The number of hydrogen-bond donors (Lipinski definition) is 0. The first kappa shape index (κ1) is 25.7. The summed E-state index contributed by atoms with van der Waals surface area (Å²) in [6.45, 7) is 2.29. The molecule has 6 heteroatoms. The average molecular weight is 589 g/mol. The molecule has 1 amide bonds. The predicted molar refractivity (Wildman–Crippen MR) is 164 cm³/mol. The van der Waals surface area contributed by atoms with Crippen molar-refractivity contribution in [3.63, 3.8) is 0 Å². The number of hydrogen-bond acceptors (Lipinski definition) is 3. The van der Waals surface area contributed by atoms with Gasteiger partial charge in [0, 0.05) is 16.6 Å². The molecule has 5 aromatic carbocycles. The van der Waals surface area contributed by atoms with Crippen LogP contribution in [-0.4, -0.2) is 20.4 Å². The predicted octanol–water partition coefficient (Wildman–Crippen LogP) is 7.71. The third-order valence-corrected chi connectivity index (χ3v) is 7.66. The van der Waals surface area contributed by atoms with Crippen LogP contribution < -0.4 is 5.56 Å². The molecule has 196 valence electrons. The normalized spacial score (nSPS) is 11.9. The molecule has 0 bridgehead atoms. The van der Waals surface area contributed by atoms with Crippen molar-refractivity contribution in [2.24, 2.45) is 0 Å². The van der Waals surface area contributed by atoms with Crippen molar-refractivity contribution >= 4 is 43.5 Å². The fraction of sp³-hybridized carbons (Fsp3) is 0.0882. The number of rotatable bonds is 6. The monoisotopic (exact) mass is 587 g/mol. The van der Waals surface area contributed by atoms with Crippen molar-refractivity contribution in [1.82, 2.24) is 14.5 Å². The number of carbonyl (C=O) groups excluding carboxylic acids is 1. The Morgan fingerprint density at radius 3 is 2.35 bits per heavy atom. The van der Waals surface area contributed by atoms with Crippen LogP contribution in [0.4, 0.5) is 0 Å². The maximum atomic E-state index is 14.1. The lowest BCUT2D eigenvalue weighted by Crippen LogP contribution is -2.37. The van der Waals surface area contributed by atoms with E-state index in [2.05, 4.69) is 15.9 Å². The minimum Gasteiger partial charge on any atom is -0.324 e. The van der Waals surface area contributed by atoms with E-state index >= 15 is 0 Å². The fourth-order valence-electron chi connectivity index (χ4n) is 5.09. The Hall–Kier alpha value is -4.55. The maximum absolute atomic E-state index is 14.1. The number of fused-ring (bicyclic) bond motifs is 2. The molecule has 1 unspecified atom stereocenters. The van der Waals surface area contributed by atoms with Crippen LogP contribution in [-0.2, 0) is 6.54 Å². The summed E-state index contributed by atoms with van der Waals surface area (Å²) >= 11 is 3.50. The van der Waals surface area contributed by atoms with Crippen molar-refractivity contribution < 1.29 is 4.79 Å². The Kier molecular flexibility index (Phi) is 7.01. The Balaban J connectivity index is 1.56. The molecular formula is C34H26BrN3O2. The molecule has 0 fully saturated rings. The second-order valence-corrected chi connectivity index (χ2v) is 10.7. The molecule has 1 atom stereocenters. The van der Waals surface area contributed by atoms with Crippen LogP contribution in [0.5, 0.6) is 0 Å². The van der Waals surface area contributed by atoms with Crippen molar-refractivity contribution in [3.8, 4) is 5.69 Å². The number of carbonyl (C=O) groups is 1. The van der Waals surface area contributed by atoms with E-state index < -0.39 is 6.04 Å². The van der Waals surface area contributed by atoms with Gasteiger partial charge in [0.1, 0.15) is 5.82 Å². The molecule has 0 saturated carbocycles. The largest absolute Gasteiger partial charge is 0.324 e. The first-order chi connectivity index (χ1) is 19.5. The highest BCUT2D eigenvalue weighted by Gasteiger charge is 2.28. The SMILES string of the molecule is CC(c1nc2ccccc2c(=O)n1-c1ccc2ccccc2c1)N(Cc1ccccc1)C(=O)c1cccc(Br)c1. The van der Waals surface area contributed by atoms with Gasteiger partial charge in [-0.2, -0.15) is 0 Å². The van der Waals surface area contributed by atoms with Crippen LogP contribution in [0.25, 0.3) is 27.4 Å². The van der Waals surface area contributed by atoms with Crippen LogP contribution >= 0.6 is 15.9 Å². The molecule has 0 aliphatic rings. The van der Waals surface area contributed by atoms with Gasteiger partial charge in [-0.25, -0.2) is 4.98 Å². The highest BCUT2D eigenvalue weighted by molar-refractivity contribution is 9.10. The molecule has 0 aliphatic carbocycles. The van der Waals surface area contributed by atoms with Crippen LogP contribution in [0.1, 0.15) is 34.7 Å². The summed E-state index contributed by atoms with van der Waals surface area (Å²) in [5, 5.41) is 2.63. The molecule has 0 saturated heterocycles. The summed E-state index contributed by atoms with van der Waals surface area (Å²) in [6.07, 6.45) is 0. The van der Waals surface area contributed by atoms with E-state index in [4.69, 9.17) is 4.98 Å². The second-order valence-electron chi connectivity index (χ2n) is 9.76. The van der Waals surface area contributed by atoms with Crippen LogP contribution in [0, 0.1) is 0 Å². The lowest BCUT2D eigenvalue weighted by Gasteiger charge is -2.31. The number of aromatic nitrogens is 2. The molecular weight excluding hydrogens is 562 g/mol. The average Bonchev–Trinajstić information content (AvgIpc) is 2.99. The van der Waals surface area contributed by atoms with E-state index in [1.54, 1.807) is 15.5 Å². The molecule has 0 radical (unpaired) electrons. The van der Waals surface area contributed by atoms with E-state index in [0.29, 0.717) is 34.5 Å². The standard InChI is InChI=1S/C34H26BrN3O2/c1-23(37(22-24-10-3-2-4-11-24)33(39)27-14-9-15-28(35)20-27)32-36-31-17-8-7-16-30(31)34(40)38(32)29-19-18-25-12-5-6-13-26(25)21-29/h2-21,23H,22H2,1H3. The number of nitrogens with zero attached hydrogens (tertiary/aromatic N) is 3. The van der Waals surface area contributed by atoms with Crippen molar-refractivity contribution in [3.05, 3.63) is 153 Å². The van der Waals surface area contributed by atoms with E-state index in [-0.39, 0.29) is 11.5 Å². The molecule has 6 rings (SSSR count). The molecule has 0 aliphatic heterocycles. The molecule has 40 heavy (non-hydrogen) atoms. The van der Waals surface area contributed by atoms with Gasteiger partial charge in [0.15, 0.2) is 0 Å². The van der Waals surface area contributed by atoms with Gasteiger partial charge in [-0.05, 0) is 65.7 Å². The van der Waals surface area contributed by atoms with Crippen LogP contribution in [0.2, 0.25) is 0 Å². The summed E-state index contributed by atoms with van der Waals surface area (Å²) in [7, 11) is 0. The van der Waals surface area contributed by atoms with Gasteiger partial charge in [0.25, 0.3) is 11.5 Å². The smallest absolute Gasteiger partial charge is 0.266 e. The van der Waals surface area contributed by atoms with Gasteiger partial charge in [-0.3, -0.25) is 14.2 Å². The minimum absolute atomic E-state index is 0.148. The zero-order chi connectivity index (χ0) is 27.6. The van der Waals surface area contributed by atoms with Crippen LogP contribution in [0.3, 0.4) is 0 Å². The molecule has 0 N–H and O–H groups in total. The summed E-state index contributed by atoms with van der Waals surface area (Å²) < 4.78 is 2.48. The third kappa shape index (κ3) is 4.94. The van der Waals surface area contributed by atoms with E-state index in [1.807, 2.05) is 122 Å². The Morgan fingerprint density at radius 1 is 0.825 bits per heavy atom. The van der Waals surface area contributed by atoms with Gasteiger partial charge in [0.2, 0.25) is 0 Å². The summed E-state index contributed by atoms with van der Waals surface area (Å²) in [4.78, 5) is 34.9. The first-order valence-corrected chi connectivity index (χ1v) is 13.9. The fourth-order valence-corrected chi connectivity index (χ4v) is 5.49. The first-order valence-electron chi connectivity index (χ1n) is 13.1. The lowest BCUT2D eigenvalue weighted by atomic mass is 10.1. The van der Waals surface area contributed by atoms with Gasteiger partial charge in [-0.15, -0.1) is 0 Å². The quantitative estimate of drug-likeness (QED) is 0.200. The van der Waals surface area contributed by atoms with Crippen molar-refractivity contribution in [2.75, 3.05) is 0 Å². The van der Waals surface area contributed by atoms with E-state index in [0.717, 1.165) is 20.8 Å². The highest BCUT2D eigenvalue weighted by atomic mass is 79.9. The number of halogens is 1. The Bertz CT molecular complexity index is 1920. The summed E-state index contributed by atoms with van der Waals surface area (Å²) in [5.74, 6) is 0.350. The zero-order valence-corrected chi connectivity index (χ0v) is 23.5. The number of amides is 1. The van der Waals surface area contributed by atoms with E-state index in [1.165, 1.54) is 0 Å². The molecule has 6 aromatic rings. The highest BCUT2D eigenvalue weighted by Crippen LogP contribution is 2.28. The third-order valence-electron chi connectivity index (χ3n) is 7.16. The van der Waals surface area contributed by atoms with Gasteiger partial charge >= 0.3 is 0 Å². The van der Waals surface area contributed by atoms with Crippen LogP contribution in [0.15, 0.2) is 131 Å². The molecule has 1 heterocycles. The van der Waals surface area contributed by atoms with Crippen molar-refractivity contribution in [1.29, 1.82) is 0 Å². The zero-order valence-electron chi connectivity index (χ0n) is 21.9. The second kappa shape index (κ2) is 10.9. The Labute approximate surface area is 240 Å². The molecule has 5 nitrogen and oxygen atoms in total. The van der Waals surface area contributed by atoms with Gasteiger partial charge in [0.05, 0.1) is 22.6 Å². The molecule has 1 aromatic heterocycles. The van der Waals surface area contributed by atoms with Gasteiger partial charge in [-0.1, -0.05) is 94.8 Å². The topological polar surface area (TPSA) is 55.2 Å².